The van der Waals surface area contributed by atoms with Crippen LogP contribution in [0, 0.1) is 13.0 Å². The van der Waals surface area contributed by atoms with Crippen molar-refractivity contribution in [2.75, 3.05) is 0 Å². The maximum Gasteiger partial charge on any atom is 0.128 e. The molecule has 0 saturated carbocycles. The summed E-state index contributed by atoms with van der Waals surface area (Å²) in [5, 5.41) is 0.950. The summed E-state index contributed by atoms with van der Waals surface area (Å²) in [6.45, 7) is 2.11. The number of rotatable bonds is 1. The number of hydrogen-bond acceptors (Lipinski definition) is 2. The molecule has 0 N–H and O–H groups in total. The Morgan fingerprint density at radius 2 is 1.60 bits per heavy atom. The van der Waals surface area contributed by atoms with Gasteiger partial charge in [0.2, 0.25) is 0 Å². The predicted molar refractivity (Wildman–Crippen MR) is 97.0 cm³/mol. The van der Waals surface area contributed by atoms with Crippen molar-refractivity contribution in [3.8, 4) is 11.4 Å². The van der Waals surface area contributed by atoms with Crippen molar-refractivity contribution in [3.05, 3.63) is 78.4 Å². The minimum Gasteiger partial charge on any atom is -0.318 e. The Labute approximate surface area is 158 Å². The monoisotopic (exact) mass is 501 g/mol. The zero-order chi connectivity index (χ0) is 16.1. The van der Waals surface area contributed by atoms with Crippen molar-refractivity contribution < 1.29 is 20.1 Å². The molecular formula is C21H14IrN3-. The SMILES string of the molecule is Cc1ccccc1-c1nc2ccc[c-]c2c2nc3ccccc3n12.[Ir]. The van der Waals surface area contributed by atoms with Gasteiger partial charge in [-0.2, -0.15) is 0 Å². The molecular weight excluding hydrogens is 486 g/mol. The van der Waals surface area contributed by atoms with Crippen LogP contribution in [0.3, 0.4) is 0 Å². The number of nitrogens with zero attached hydrogens (tertiary/aromatic N) is 3. The van der Waals surface area contributed by atoms with Crippen molar-refractivity contribution in [2.45, 2.75) is 6.92 Å². The number of aromatic nitrogens is 3. The molecule has 3 nitrogen and oxygen atoms in total. The summed E-state index contributed by atoms with van der Waals surface area (Å²) in [6, 6.07) is 25.7. The van der Waals surface area contributed by atoms with Crippen molar-refractivity contribution in [3.63, 3.8) is 0 Å². The third kappa shape index (κ3) is 2.38. The molecule has 2 aromatic heterocycles. The van der Waals surface area contributed by atoms with Crippen LogP contribution < -0.4 is 0 Å². The van der Waals surface area contributed by atoms with Gasteiger partial charge in [-0.05, 0) is 30.1 Å². The van der Waals surface area contributed by atoms with E-state index in [1.165, 1.54) is 5.56 Å². The van der Waals surface area contributed by atoms with E-state index in [1.807, 2.05) is 36.4 Å². The van der Waals surface area contributed by atoms with Crippen molar-refractivity contribution in [1.82, 2.24) is 14.4 Å². The average molecular weight is 501 g/mol. The van der Waals surface area contributed by atoms with E-state index in [2.05, 4.69) is 47.7 Å². The van der Waals surface area contributed by atoms with Crippen LogP contribution in [-0.2, 0) is 20.1 Å². The molecule has 0 spiro atoms. The quantitative estimate of drug-likeness (QED) is 0.309. The smallest absolute Gasteiger partial charge is 0.128 e. The zero-order valence-electron chi connectivity index (χ0n) is 13.5. The molecule has 123 valence electrons. The third-order valence-electron chi connectivity index (χ3n) is 4.44. The maximum absolute atomic E-state index is 4.95. The summed E-state index contributed by atoms with van der Waals surface area (Å²) in [5.74, 6) is 0.920. The number of para-hydroxylation sites is 2. The van der Waals surface area contributed by atoms with Crippen LogP contribution in [0.5, 0.6) is 0 Å². The largest absolute Gasteiger partial charge is 0.318 e. The first kappa shape index (κ1) is 15.9. The van der Waals surface area contributed by atoms with Gasteiger partial charge in [0.25, 0.3) is 0 Å². The Hall–Kier alpha value is -2.55. The van der Waals surface area contributed by atoms with E-state index >= 15 is 0 Å². The van der Waals surface area contributed by atoms with Gasteiger partial charge >= 0.3 is 0 Å². The minimum atomic E-state index is 0. The second-order valence-electron chi connectivity index (χ2n) is 5.94. The van der Waals surface area contributed by atoms with Crippen molar-refractivity contribution in [1.29, 1.82) is 0 Å². The Morgan fingerprint density at radius 3 is 2.48 bits per heavy atom. The summed E-state index contributed by atoms with van der Waals surface area (Å²) in [7, 11) is 0. The maximum atomic E-state index is 4.95. The first-order chi connectivity index (χ1) is 11.8. The van der Waals surface area contributed by atoms with Crippen molar-refractivity contribution in [2.24, 2.45) is 0 Å². The van der Waals surface area contributed by atoms with Gasteiger partial charge in [0.1, 0.15) is 5.82 Å². The summed E-state index contributed by atoms with van der Waals surface area (Å²) in [4.78, 5) is 9.80. The van der Waals surface area contributed by atoms with Crippen LogP contribution in [0.4, 0.5) is 0 Å². The third-order valence-corrected chi connectivity index (χ3v) is 4.44. The molecule has 3 aromatic carbocycles. The summed E-state index contributed by atoms with van der Waals surface area (Å²) < 4.78 is 2.15. The first-order valence-corrected chi connectivity index (χ1v) is 7.96. The normalized spacial score (nSPS) is 11.1. The number of hydrogen-bond donors (Lipinski definition) is 0. The number of benzene rings is 3. The van der Waals surface area contributed by atoms with Gasteiger partial charge in [-0.3, -0.25) is 9.97 Å². The van der Waals surface area contributed by atoms with Gasteiger partial charge in [-0.1, -0.05) is 41.8 Å². The van der Waals surface area contributed by atoms with E-state index < -0.39 is 0 Å². The fraction of sp³-hybridized carbons (Fsp3) is 0.0476. The molecule has 0 bridgehead atoms. The second-order valence-corrected chi connectivity index (χ2v) is 5.94. The van der Waals surface area contributed by atoms with Crippen LogP contribution in [0.2, 0.25) is 0 Å². The van der Waals surface area contributed by atoms with Crippen molar-refractivity contribution >= 4 is 27.6 Å². The number of fused-ring (bicyclic) bond motifs is 5. The fourth-order valence-electron chi connectivity index (χ4n) is 3.28. The average Bonchev–Trinajstić information content (AvgIpc) is 3.01. The first-order valence-electron chi connectivity index (χ1n) is 7.96. The predicted octanol–water partition coefficient (Wildman–Crippen LogP) is 4.81. The number of imidazole rings is 1. The number of aryl methyl sites for hydroxylation is 1. The molecule has 0 fully saturated rings. The summed E-state index contributed by atoms with van der Waals surface area (Å²) in [5.41, 5.74) is 6.18. The minimum absolute atomic E-state index is 0. The van der Waals surface area contributed by atoms with E-state index in [-0.39, 0.29) is 20.1 Å². The molecule has 0 amide bonds. The van der Waals surface area contributed by atoms with Gasteiger partial charge in [0.05, 0.1) is 16.7 Å². The summed E-state index contributed by atoms with van der Waals surface area (Å²) >= 11 is 0. The molecule has 25 heavy (non-hydrogen) atoms. The fourth-order valence-corrected chi connectivity index (χ4v) is 3.28. The Kier molecular flexibility index (Phi) is 3.87. The second kappa shape index (κ2) is 6.07. The molecule has 0 aliphatic carbocycles. The molecule has 5 aromatic rings. The summed E-state index contributed by atoms with van der Waals surface area (Å²) in [6.07, 6.45) is 0. The standard InChI is InChI=1S/C21H14N3.Ir/c1-14-8-2-3-9-15(14)20-22-17-11-5-4-10-16(17)21-23-18-12-6-7-13-19(18)24(20)21;/h2-9,11-13H,1H3;/q-1;. The van der Waals surface area contributed by atoms with E-state index in [1.54, 1.807) is 0 Å². The van der Waals surface area contributed by atoms with E-state index in [0.29, 0.717) is 0 Å². The molecule has 0 aliphatic rings. The topological polar surface area (TPSA) is 30.2 Å². The molecule has 5 rings (SSSR count). The molecule has 4 heteroatoms. The Bertz CT molecular complexity index is 1220. The van der Waals surface area contributed by atoms with Gasteiger partial charge in [-0.25, -0.2) is 0 Å². The Balaban J connectivity index is 0.00000157. The van der Waals surface area contributed by atoms with E-state index in [4.69, 9.17) is 9.97 Å². The molecule has 0 aliphatic heterocycles. The van der Waals surface area contributed by atoms with Crippen LogP contribution in [-0.4, -0.2) is 14.4 Å². The molecule has 0 unspecified atom stereocenters. The van der Waals surface area contributed by atoms with Crippen LogP contribution in [0.1, 0.15) is 5.56 Å². The molecule has 0 atom stereocenters. The van der Waals surface area contributed by atoms with Gasteiger partial charge in [-0.15, -0.1) is 24.3 Å². The molecule has 0 saturated heterocycles. The molecule has 1 radical (unpaired) electrons. The Morgan fingerprint density at radius 1 is 0.840 bits per heavy atom. The van der Waals surface area contributed by atoms with Crippen LogP contribution in [0.25, 0.3) is 39.0 Å². The van der Waals surface area contributed by atoms with Gasteiger partial charge in [0, 0.05) is 25.7 Å². The van der Waals surface area contributed by atoms with Crippen LogP contribution in [0.15, 0.2) is 66.7 Å². The van der Waals surface area contributed by atoms with Gasteiger partial charge in [0.15, 0.2) is 0 Å². The zero-order valence-corrected chi connectivity index (χ0v) is 15.9. The molecule has 2 heterocycles. The van der Waals surface area contributed by atoms with E-state index in [9.17, 15) is 0 Å². The van der Waals surface area contributed by atoms with E-state index in [0.717, 1.165) is 39.0 Å². The van der Waals surface area contributed by atoms with Gasteiger partial charge < -0.3 is 4.40 Å². The van der Waals surface area contributed by atoms with Crippen LogP contribution >= 0.6 is 0 Å².